The summed E-state index contributed by atoms with van der Waals surface area (Å²) in [6.07, 6.45) is -0.750. The highest BCUT2D eigenvalue weighted by molar-refractivity contribution is 8.01. The molecule has 0 saturated carbocycles. The summed E-state index contributed by atoms with van der Waals surface area (Å²) in [4.78, 5) is 0. The zero-order valence-electron chi connectivity index (χ0n) is 13.9. The van der Waals surface area contributed by atoms with Gasteiger partial charge in [0.25, 0.3) is 0 Å². The van der Waals surface area contributed by atoms with E-state index in [9.17, 15) is 9.50 Å². The second-order valence-electron chi connectivity index (χ2n) is 5.63. The number of aliphatic hydroxyl groups is 1. The van der Waals surface area contributed by atoms with Gasteiger partial charge >= 0.3 is 0 Å². The molecule has 0 fully saturated rings. The van der Waals surface area contributed by atoms with E-state index in [1.165, 1.54) is 46.4 Å². The lowest BCUT2D eigenvalue weighted by atomic mass is 10.1. The summed E-state index contributed by atoms with van der Waals surface area (Å²) in [6.45, 7) is 4.12. The van der Waals surface area contributed by atoms with Crippen LogP contribution in [-0.2, 0) is 0 Å². The number of rotatable bonds is 6. The van der Waals surface area contributed by atoms with Crippen LogP contribution in [0, 0.1) is 19.7 Å². The smallest absolute Gasteiger partial charge is 0.210 e. The third kappa shape index (κ3) is 4.56. The summed E-state index contributed by atoms with van der Waals surface area (Å²) in [7, 11) is 0. The molecule has 0 aliphatic rings. The van der Waals surface area contributed by atoms with E-state index in [1.54, 1.807) is 12.1 Å². The van der Waals surface area contributed by atoms with Crippen molar-refractivity contribution in [1.29, 1.82) is 0 Å². The number of aromatic nitrogens is 2. The van der Waals surface area contributed by atoms with E-state index in [0.29, 0.717) is 16.4 Å². The van der Waals surface area contributed by atoms with Gasteiger partial charge < -0.3 is 10.4 Å². The lowest BCUT2D eigenvalue weighted by molar-refractivity contribution is 0.203. The predicted molar refractivity (Wildman–Crippen MR) is 101 cm³/mol. The minimum atomic E-state index is -0.750. The Kier molecular flexibility index (Phi) is 5.67. The molecule has 0 bridgehead atoms. The molecule has 7 heteroatoms. The molecule has 1 aromatic heterocycles. The first kappa shape index (κ1) is 17.8. The van der Waals surface area contributed by atoms with Crippen LogP contribution in [0.25, 0.3) is 0 Å². The van der Waals surface area contributed by atoms with Crippen molar-refractivity contribution in [2.75, 3.05) is 11.1 Å². The third-order valence-electron chi connectivity index (χ3n) is 3.85. The number of thioether (sulfide) groups is 1. The Hall–Kier alpha value is -1.96. The van der Waals surface area contributed by atoms with Crippen molar-refractivity contribution >= 4 is 33.9 Å². The van der Waals surface area contributed by atoms with Crippen LogP contribution in [0.15, 0.2) is 46.8 Å². The topological polar surface area (TPSA) is 58.0 Å². The fourth-order valence-corrected chi connectivity index (χ4v) is 4.04. The fraction of sp³-hybridized carbons (Fsp3) is 0.222. The highest BCUT2D eigenvalue weighted by atomic mass is 32.2. The summed E-state index contributed by atoms with van der Waals surface area (Å²) in [5.74, 6) is 0.0409. The summed E-state index contributed by atoms with van der Waals surface area (Å²) in [5, 5.41) is 22.4. The average molecular weight is 375 g/mol. The van der Waals surface area contributed by atoms with Crippen LogP contribution in [0.4, 0.5) is 15.2 Å². The first-order valence-electron chi connectivity index (χ1n) is 7.76. The molecule has 0 radical (unpaired) electrons. The number of hydrogen-bond acceptors (Lipinski definition) is 6. The van der Waals surface area contributed by atoms with Gasteiger partial charge in [-0.1, -0.05) is 47.4 Å². The number of aliphatic hydroxyl groups excluding tert-OH is 1. The first-order valence-corrected chi connectivity index (χ1v) is 9.56. The first-order chi connectivity index (χ1) is 12.0. The number of aryl methyl sites for hydroxylation is 1. The highest BCUT2D eigenvalue weighted by Gasteiger charge is 2.12. The molecular formula is C18H18FN3OS2. The molecule has 0 aliphatic carbocycles. The lowest BCUT2D eigenvalue weighted by Gasteiger charge is -2.09. The Bertz CT molecular complexity index is 869. The van der Waals surface area contributed by atoms with E-state index < -0.39 is 6.10 Å². The highest BCUT2D eigenvalue weighted by Crippen LogP contribution is 2.31. The zero-order valence-corrected chi connectivity index (χ0v) is 15.5. The van der Waals surface area contributed by atoms with E-state index in [4.69, 9.17) is 0 Å². The Morgan fingerprint density at radius 3 is 2.80 bits per heavy atom. The molecule has 4 nitrogen and oxygen atoms in total. The van der Waals surface area contributed by atoms with Crippen molar-refractivity contribution in [2.45, 2.75) is 24.3 Å². The van der Waals surface area contributed by atoms with Crippen molar-refractivity contribution in [3.8, 4) is 0 Å². The Morgan fingerprint density at radius 2 is 2.00 bits per heavy atom. The molecule has 1 atom stereocenters. The van der Waals surface area contributed by atoms with Crippen LogP contribution < -0.4 is 5.32 Å². The van der Waals surface area contributed by atoms with Gasteiger partial charge in [-0.05, 0) is 48.7 Å². The average Bonchev–Trinajstić information content (AvgIpc) is 3.04. The van der Waals surface area contributed by atoms with Gasteiger partial charge in [-0.25, -0.2) is 4.39 Å². The van der Waals surface area contributed by atoms with E-state index in [-0.39, 0.29) is 5.82 Å². The number of anilines is 2. The maximum Gasteiger partial charge on any atom is 0.210 e. The van der Waals surface area contributed by atoms with Gasteiger partial charge in [0.2, 0.25) is 5.13 Å². The molecule has 2 aromatic carbocycles. The van der Waals surface area contributed by atoms with Crippen molar-refractivity contribution in [3.63, 3.8) is 0 Å². The van der Waals surface area contributed by atoms with E-state index in [2.05, 4.69) is 35.4 Å². The summed E-state index contributed by atoms with van der Waals surface area (Å²) in [5.41, 5.74) is 3.95. The normalized spacial score (nSPS) is 12.2. The SMILES string of the molecule is Cc1cccc(Nc2nnc(SCC(O)c3cccc(F)c3)s2)c1C. The zero-order chi connectivity index (χ0) is 17.8. The minimum absolute atomic E-state index is 0.350. The predicted octanol–water partition coefficient (Wildman–Crippen LogP) is 4.86. The molecule has 25 heavy (non-hydrogen) atoms. The number of benzene rings is 2. The molecule has 130 valence electrons. The largest absolute Gasteiger partial charge is 0.388 e. The van der Waals surface area contributed by atoms with E-state index in [1.807, 2.05) is 12.1 Å². The molecule has 0 amide bonds. The van der Waals surface area contributed by atoms with Crippen LogP contribution in [0.1, 0.15) is 22.8 Å². The summed E-state index contributed by atoms with van der Waals surface area (Å²) >= 11 is 2.83. The quantitative estimate of drug-likeness (QED) is 0.602. The van der Waals surface area contributed by atoms with Crippen LogP contribution in [0.5, 0.6) is 0 Å². The molecular weight excluding hydrogens is 357 g/mol. The molecule has 0 aliphatic heterocycles. The van der Waals surface area contributed by atoms with Gasteiger partial charge in [0, 0.05) is 11.4 Å². The maximum atomic E-state index is 13.2. The maximum absolute atomic E-state index is 13.2. The van der Waals surface area contributed by atoms with Crippen LogP contribution >= 0.6 is 23.1 Å². The van der Waals surface area contributed by atoms with Crippen molar-refractivity contribution < 1.29 is 9.50 Å². The van der Waals surface area contributed by atoms with Gasteiger partial charge in [0.15, 0.2) is 4.34 Å². The van der Waals surface area contributed by atoms with Gasteiger partial charge in [-0.3, -0.25) is 0 Å². The Morgan fingerprint density at radius 1 is 1.20 bits per heavy atom. The molecule has 3 aromatic rings. The molecule has 1 unspecified atom stereocenters. The van der Waals surface area contributed by atoms with Gasteiger partial charge in [-0.15, -0.1) is 10.2 Å². The second kappa shape index (κ2) is 7.95. The summed E-state index contributed by atoms with van der Waals surface area (Å²) in [6, 6.07) is 12.1. The van der Waals surface area contributed by atoms with Crippen molar-refractivity contribution in [1.82, 2.24) is 10.2 Å². The van der Waals surface area contributed by atoms with Crippen molar-refractivity contribution in [3.05, 3.63) is 65.0 Å². The van der Waals surface area contributed by atoms with E-state index in [0.717, 1.165) is 10.0 Å². The lowest BCUT2D eigenvalue weighted by Crippen LogP contribution is -2.00. The molecule has 3 rings (SSSR count). The van der Waals surface area contributed by atoms with Crippen LogP contribution in [-0.4, -0.2) is 21.1 Å². The van der Waals surface area contributed by atoms with Gasteiger partial charge in [-0.2, -0.15) is 0 Å². The molecule has 2 N–H and O–H groups in total. The summed E-state index contributed by atoms with van der Waals surface area (Å²) < 4.78 is 14.0. The molecule has 0 saturated heterocycles. The number of nitrogens with one attached hydrogen (secondary N) is 1. The van der Waals surface area contributed by atoms with Gasteiger partial charge in [0.05, 0.1) is 6.10 Å². The fourth-order valence-electron chi connectivity index (χ4n) is 2.28. The molecule has 0 spiro atoms. The van der Waals surface area contributed by atoms with Gasteiger partial charge in [0.1, 0.15) is 5.82 Å². The van der Waals surface area contributed by atoms with E-state index >= 15 is 0 Å². The minimum Gasteiger partial charge on any atom is -0.388 e. The third-order valence-corrected chi connectivity index (χ3v) is 5.90. The Labute approximate surface area is 154 Å². The number of hydrogen-bond donors (Lipinski definition) is 2. The number of halogens is 1. The molecule has 1 heterocycles. The monoisotopic (exact) mass is 375 g/mol. The van der Waals surface area contributed by atoms with Crippen LogP contribution in [0.3, 0.4) is 0 Å². The second-order valence-corrected chi connectivity index (χ2v) is 7.87. The van der Waals surface area contributed by atoms with Crippen molar-refractivity contribution in [2.24, 2.45) is 0 Å². The number of nitrogens with zero attached hydrogens (tertiary/aromatic N) is 2. The standard InChI is InChI=1S/C18H18FN3OS2/c1-11-5-3-8-15(12(11)2)20-17-21-22-18(25-17)24-10-16(23)13-6-4-7-14(19)9-13/h3-9,16,23H,10H2,1-2H3,(H,20,21). The Balaban J connectivity index is 1.61. The van der Waals surface area contributed by atoms with Crippen LogP contribution in [0.2, 0.25) is 0 Å².